The van der Waals surface area contributed by atoms with E-state index in [1.807, 2.05) is 96.1 Å². The highest BCUT2D eigenvalue weighted by Crippen LogP contribution is 2.29. The van der Waals surface area contributed by atoms with Gasteiger partial charge in [-0.25, -0.2) is 0 Å². The van der Waals surface area contributed by atoms with E-state index < -0.39 is 0 Å². The zero-order valence-corrected chi connectivity index (χ0v) is 19.8. The summed E-state index contributed by atoms with van der Waals surface area (Å²) in [6.07, 6.45) is 0. The highest BCUT2D eigenvalue weighted by molar-refractivity contribution is 5.38. The van der Waals surface area contributed by atoms with Gasteiger partial charge >= 0.3 is 18.0 Å². The smallest absolute Gasteiger partial charge is 0.331 e. The van der Waals surface area contributed by atoms with Crippen molar-refractivity contribution in [2.45, 2.75) is 41.5 Å². The highest BCUT2D eigenvalue weighted by atomic mass is 16.5. The normalized spacial score (nSPS) is 10.7. The maximum Gasteiger partial charge on any atom is 0.331 e. The first-order chi connectivity index (χ1) is 15.8. The second-order valence-corrected chi connectivity index (χ2v) is 8.23. The van der Waals surface area contributed by atoms with Gasteiger partial charge in [0.2, 0.25) is 0 Å². The molecule has 0 fully saturated rings. The number of rotatable bonds is 6. The fraction of sp³-hybridized carbons (Fsp3) is 0.222. The van der Waals surface area contributed by atoms with Crippen LogP contribution in [0, 0.1) is 41.5 Å². The summed E-state index contributed by atoms with van der Waals surface area (Å²) in [5.41, 5.74) is 6.86. The zero-order valence-electron chi connectivity index (χ0n) is 19.8. The Kier molecular flexibility index (Phi) is 6.27. The summed E-state index contributed by atoms with van der Waals surface area (Å²) in [5, 5.41) is 0. The molecule has 6 nitrogen and oxygen atoms in total. The van der Waals surface area contributed by atoms with Crippen molar-refractivity contribution >= 4 is 0 Å². The van der Waals surface area contributed by atoms with Crippen molar-refractivity contribution in [3.63, 3.8) is 0 Å². The van der Waals surface area contributed by atoms with Gasteiger partial charge in [0.15, 0.2) is 0 Å². The van der Waals surface area contributed by atoms with Gasteiger partial charge in [-0.15, -0.1) is 15.0 Å². The van der Waals surface area contributed by atoms with E-state index in [-0.39, 0.29) is 18.0 Å². The molecule has 4 rings (SSSR count). The van der Waals surface area contributed by atoms with E-state index in [2.05, 4.69) is 15.0 Å². The Bertz CT molecular complexity index is 1150. The highest BCUT2D eigenvalue weighted by Gasteiger charge is 2.14. The monoisotopic (exact) mass is 441 g/mol. The number of hydrogen-bond donors (Lipinski definition) is 0. The van der Waals surface area contributed by atoms with E-state index in [9.17, 15) is 0 Å². The van der Waals surface area contributed by atoms with Crippen LogP contribution in [0.15, 0.2) is 54.6 Å². The van der Waals surface area contributed by atoms with Crippen molar-refractivity contribution in [2.24, 2.45) is 0 Å². The molecule has 0 aliphatic heterocycles. The quantitative estimate of drug-likeness (QED) is 0.318. The minimum Gasteiger partial charge on any atom is -0.424 e. The van der Waals surface area contributed by atoms with Gasteiger partial charge in [0, 0.05) is 0 Å². The van der Waals surface area contributed by atoms with Gasteiger partial charge in [0.1, 0.15) is 17.2 Å². The van der Waals surface area contributed by atoms with Gasteiger partial charge in [-0.1, -0.05) is 18.2 Å². The molecule has 0 saturated heterocycles. The molecule has 0 amide bonds. The van der Waals surface area contributed by atoms with Crippen molar-refractivity contribution in [1.82, 2.24) is 15.0 Å². The van der Waals surface area contributed by atoms with E-state index in [4.69, 9.17) is 14.2 Å². The van der Waals surface area contributed by atoms with E-state index in [0.29, 0.717) is 17.2 Å². The number of nitrogens with zero attached hydrogens (tertiary/aromatic N) is 3. The maximum absolute atomic E-state index is 5.93. The molecule has 4 aromatic rings. The fourth-order valence-electron chi connectivity index (χ4n) is 3.11. The number of benzene rings is 3. The second kappa shape index (κ2) is 9.28. The number of ether oxygens (including phenoxy) is 3. The first-order valence-corrected chi connectivity index (χ1v) is 10.8. The van der Waals surface area contributed by atoms with Crippen LogP contribution >= 0.6 is 0 Å². The Labute approximate surface area is 194 Å². The Morgan fingerprint density at radius 1 is 0.394 bits per heavy atom. The summed E-state index contributed by atoms with van der Waals surface area (Å²) in [4.78, 5) is 13.1. The van der Waals surface area contributed by atoms with Gasteiger partial charge in [-0.3, -0.25) is 0 Å². The Morgan fingerprint density at radius 3 is 0.909 bits per heavy atom. The maximum atomic E-state index is 5.93. The lowest BCUT2D eigenvalue weighted by atomic mass is 10.1. The SMILES string of the molecule is Cc1ccc(Oc2nc(Oc3ccc(C)c(C)c3)nc(Oc3ccc(C)c(C)c3)n2)cc1C. The minimum absolute atomic E-state index is 0.0888. The van der Waals surface area contributed by atoms with Crippen molar-refractivity contribution in [1.29, 1.82) is 0 Å². The van der Waals surface area contributed by atoms with E-state index >= 15 is 0 Å². The number of aryl methyl sites for hydroxylation is 6. The molecule has 0 N–H and O–H groups in total. The molecule has 0 aliphatic rings. The molecular weight excluding hydrogens is 414 g/mol. The van der Waals surface area contributed by atoms with Crippen LogP contribution in [-0.2, 0) is 0 Å². The molecule has 0 unspecified atom stereocenters. The molecule has 0 radical (unpaired) electrons. The van der Waals surface area contributed by atoms with E-state index in [0.717, 1.165) is 16.7 Å². The van der Waals surface area contributed by atoms with Crippen LogP contribution in [0.1, 0.15) is 33.4 Å². The van der Waals surface area contributed by atoms with Crippen molar-refractivity contribution < 1.29 is 14.2 Å². The summed E-state index contributed by atoms with van der Waals surface area (Å²) in [5.74, 6) is 1.87. The Hall–Kier alpha value is -3.93. The molecule has 0 aliphatic carbocycles. The Morgan fingerprint density at radius 2 is 0.667 bits per heavy atom. The molecule has 0 atom stereocenters. The molecule has 0 bridgehead atoms. The van der Waals surface area contributed by atoms with Gasteiger partial charge in [0.05, 0.1) is 0 Å². The molecule has 3 aromatic carbocycles. The largest absolute Gasteiger partial charge is 0.424 e. The van der Waals surface area contributed by atoms with Crippen LogP contribution in [0.3, 0.4) is 0 Å². The summed E-state index contributed by atoms with van der Waals surface area (Å²) >= 11 is 0. The predicted molar refractivity (Wildman–Crippen MR) is 128 cm³/mol. The number of aromatic nitrogens is 3. The summed E-state index contributed by atoms with van der Waals surface area (Å²) < 4.78 is 17.8. The predicted octanol–water partition coefficient (Wildman–Crippen LogP) is 7.10. The van der Waals surface area contributed by atoms with Crippen LogP contribution in [0.25, 0.3) is 0 Å². The molecule has 168 valence electrons. The van der Waals surface area contributed by atoms with Gasteiger partial charge in [-0.2, -0.15) is 0 Å². The summed E-state index contributed by atoms with van der Waals surface area (Å²) in [6, 6.07) is 17.7. The van der Waals surface area contributed by atoms with Crippen LogP contribution in [0.4, 0.5) is 0 Å². The van der Waals surface area contributed by atoms with Gasteiger partial charge in [-0.05, 0) is 111 Å². The number of hydrogen-bond acceptors (Lipinski definition) is 6. The van der Waals surface area contributed by atoms with Crippen molar-refractivity contribution in [2.75, 3.05) is 0 Å². The third-order valence-electron chi connectivity index (χ3n) is 5.64. The zero-order chi connectivity index (χ0) is 23.5. The fourth-order valence-corrected chi connectivity index (χ4v) is 3.11. The van der Waals surface area contributed by atoms with Crippen molar-refractivity contribution in [3.8, 4) is 35.3 Å². The average molecular weight is 442 g/mol. The van der Waals surface area contributed by atoms with Crippen molar-refractivity contribution in [3.05, 3.63) is 88.0 Å². The topological polar surface area (TPSA) is 66.4 Å². The average Bonchev–Trinajstić information content (AvgIpc) is 2.76. The molecule has 0 saturated carbocycles. The first kappa shape index (κ1) is 22.3. The van der Waals surface area contributed by atoms with Gasteiger partial charge < -0.3 is 14.2 Å². The van der Waals surface area contributed by atoms with Crippen LogP contribution < -0.4 is 14.2 Å². The molecule has 0 spiro atoms. The van der Waals surface area contributed by atoms with Crippen LogP contribution in [-0.4, -0.2) is 15.0 Å². The third-order valence-corrected chi connectivity index (χ3v) is 5.64. The molecule has 1 heterocycles. The van der Waals surface area contributed by atoms with Crippen LogP contribution in [0.2, 0.25) is 0 Å². The lowest BCUT2D eigenvalue weighted by Crippen LogP contribution is -2.02. The minimum atomic E-state index is 0.0888. The Balaban J connectivity index is 1.68. The van der Waals surface area contributed by atoms with Crippen LogP contribution in [0.5, 0.6) is 35.3 Å². The third kappa shape index (κ3) is 5.47. The summed E-state index contributed by atoms with van der Waals surface area (Å²) in [7, 11) is 0. The summed E-state index contributed by atoms with van der Waals surface area (Å²) in [6.45, 7) is 12.2. The first-order valence-electron chi connectivity index (χ1n) is 10.8. The molecule has 6 heteroatoms. The van der Waals surface area contributed by atoms with E-state index in [1.165, 1.54) is 16.7 Å². The molecular formula is C27H27N3O3. The second-order valence-electron chi connectivity index (χ2n) is 8.23. The molecule has 1 aromatic heterocycles. The standard InChI is InChI=1S/C27H27N3O3/c1-16-7-10-22(13-19(16)4)31-25-28-26(32-23-11-8-17(2)20(5)14-23)30-27(29-25)33-24-12-9-18(3)21(6)15-24/h7-15H,1-6H3. The molecule has 33 heavy (non-hydrogen) atoms. The lowest BCUT2D eigenvalue weighted by Gasteiger charge is -2.11. The van der Waals surface area contributed by atoms with E-state index in [1.54, 1.807) is 0 Å². The van der Waals surface area contributed by atoms with Gasteiger partial charge in [0.25, 0.3) is 0 Å². The lowest BCUT2D eigenvalue weighted by molar-refractivity contribution is 0.362.